The van der Waals surface area contributed by atoms with Crippen molar-refractivity contribution < 1.29 is 19.2 Å². The second kappa shape index (κ2) is 11.4. The van der Waals surface area contributed by atoms with Crippen molar-refractivity contribution >= 4 is 35.2 Å². The first kappa shape index (κ1) is 24.3. The molecule has 2 aromatic carbocycles. The van der Waals surface area contributed by atoms with Crippen LogP contribution in [-0.4, -0.2) is 50.2 Å². The number of hydrogen-bond acceptors (Lipinski definition) is 4. The quantitative estimate of drug-likeness (QED) is 0.309. The molecule has 0 saturated heterocycles. The summed E-state index contributed by atoms with van der Waals surface area (Å²) in [5, 5.41) is 7.37. The molecule has 4 N–H and O–H groups in total. The third-order valence-electron chi connectivity index (χ3n) is 5.04. The maximum Gasteiger partial charge on any atom is 0.466 e. The molecule has 1 atom stereocenters. The molecular weight excluding hydrogens is 401 g/mol. The van der Waals surface area contributed by atoms with Gasteiger partial charge in [-0.2, -0.15) is 0 Å². The summed E-state index contributed by atoms with van der Waals surface area (Å²) >= 11 is 0. The van der Waals surface area contributed by atoms with Crippen LogP contribution >= 0.6 is 7.82 Å². The van der Waals surface area contributed by atoms with E-state index in [1.165, 1.54) is 41.2 Å². The minimum atomic E-state index is -4.64. The predicted octanol–water partition coefficient (Wildman–Crippen LogP) is 4.38. The summed E-state index contributed by atoms with van der Waals surface area (Å²) in [6, 6.07) is 15.4. The SMILES string of the molecule is CCN(CC)CCCC(C)Nc1ccnc2c1ccc1ccccc12.O=P(O)(O)O. The van der Waals surface area contributed by atoms with Crippen molar-refractivity contribution in [1.82, 2.24) is 9.88 Å². The highest BCUT2D eigenvalue weighted by molar-refractivity contribution is 7.45. The second-order valence-corrected chi connectivity index (χ2v) is 8.30. The Bertz CT molecular complexity index is 980. The van der Waals surface area contributed by atoms with Crippen LogP contribution in [0, 0.1) is 0 Å². The first-order valence-electron chi connectivity index (χ1n) is 10.3. The first-order valence-corrected chi connectivity index (χ1v) is 11.8. The standard InChI is InChI=1S/C22H29N3.H3O4P/c1-4-25(5-2)16-8-9-17(3)24-21-14-15-23-22-19-11-7-6-10-18(19)12-13-20(21)22;1-5(2,3)4/h6-7,10-15,17H,4-5,8-9,16H2,1-3H3,(H,23,24);(H3,1,2,3,4). The number of nitrogens with one attached hydrogen (secondary N) is 1. The number of aromatic nitrogens is 1. The van der Waals surface area contributed by atoms with E-state index in [9.17, 15) is 0 Å². The van der Waals surface area contributed by atoms with Crippen LogP contribution in [0.5, 0.6) is 0 Å². The molecule has 0 aliphatic rings. The van der Waals surface area contributed by atoms with Gasteiger partial charge in [-0.3, -0.25) is 4.98 Å². The molecule has 30 heavy (non-hydrogen) atoms. The molecule has 8 heteroatoms. The summed E-state index contributed by atoms with van der Waals surface area (Å²) in [6.07, 6.45) is 4.31. The zero-order valence-corrected chi connectivity index (χ0v) is 18.7. The lowest BCUT2D eigenvalue weighted by Crippen LogP contribution is -2.25. The van der Waals surface area contributed by atoms with Gasteiger partial charge in [0.05, 0.1) is 5.52 Å². The molecule has 0 spiro atoms. The van der Waals surface area contributed by atoms with Crippen molar-refractivity contribution in [3.8, 4) is 0 Å². The average Bonchev–Trinajstić information content (AvgIpc) is 2.70. The zero-order valence-electron chi connectivity index (χ0n) is 17.8. The number of hydrogen-bond donors (Lipinski definition) is 4. The van der Waals surface area contributed by atoms with Gasteiger partial charge >= 0.3 is 7.82 Å². The third kappa shape index (κ3) is 7.67. The van der Waals surface area contributed by atoms with E-state index in [1.54, 1.807) is 0 Å². The first-order chi connectivity index (χ1) is 14.2. The Morgan fingerprint density at radius 1 is 1.03 bits per heavy atom. The molecular formula is C22H32N3O4P. The molecule has 3 aromatic rings. The number of phosphoric acid groups is 1. The van der Waals surface area contributed by atoms with Gasteiger partial charge in [-0.15, -0.1) is 0 Å². The Hall–Kier alpha value is -2.02. The van der Waals surface area contributed by atoms with E-state index < -0.39 is 7.82 Å². The fourth-order valence-corrected chi connectivity index (χ4v) is 3.51. The van der Waals surface area contributed by atoms with E-state index in [1.807, 2.05) is 6.20 Å². The number of rotatable bonds is 8. The topological polar surface area (TPSA) is 106 Å². The maximum absolute atomic E-state index is 8.88. The van der Waals surface area contributed by atoms with Gasteiger partial charge in [0.25, 0.3) is 0 Å². The van der Waals surface area contributed by atoms with E-state index >= 15 is 0 Å². The Balaban J connectivity index is 0.000000575. The smallest absolute Gasteiger partial charge is 0.382 e. The minimum absolute atomic E-state index is 0.452. The molecule has 0 radical (unpaired) electrons. The fourth-order valence-electron chi connectivity index (χ4n) is 3.51. The van der Waals surface area contributed by atoms with Crippen LogP contribution in [0.2, 0.25) is 0 Å². The van der Waals surface area contributed by atoms with Crippen molar-refractivity contribution in [1.29, 1.82) is 0 Å². The molecule has 164 valence electrons. The normalized spacial score (nSPS) is 12.6. The van der Waals surface area contributed by atoms with Gasteiger partial charge in [-0.1, -0.05) is 50.2 Å². The lowest BCUT2D eigenvalue weighted by atomic mass is 10.0. The summed E-state index contributed by atoms with van der Waals surface area (Å²) in [5.41, 5.74) is 2.27. The van der Waals surface area contributed by atoms with E-state index in [4.69, 9.17) is 19.2 Å². The second-order valence-electron chi connectivity index (χ2n) is 7.27. The van der Waals surface area contributed by atoms with Crippen LogP contribution in [0.4, 0.5) is 5.69 Å². The summed E-state index contributed by atoms with van der Waals surface area (Å²) in [5.74, 6) is 0. The Labute approximate surface area is 178 Å². The molecule has 7 nitrogen and oxygen atoms in total. The van der Waals surface area contributed by atoms with Gasteiger partial charge < -0.3 is 24.9 Å². The molecule has 0 aliphatic carbocycles. The van der Waals surface area contributed by atoms with Crippen molar-refractivity contribution in [2.75, 3.05) is 25.0 Å². The average molecular weight is 433 g/mol. The lowest BCUT2D eigenvalue weighted by molar-refractivity contribution is 0.275. The molecule has 1 heterocycles. The van der Waals surface area contributed by atoms with Gasteiger partial charge in [0, 0.05) is 28.7 Å². The molecule has 0 saturated carbocycles. The molecule has 0 bridgehead atoms. The highest BCUT2D eigenvalue weighted by Crippen LogP contribution is 2.29. The van der Waals surface area contributed by atoms with Gasteiger partial charge in [-0.05, 0) is 50.9 Å². The summed E-state index contributed by atoms with van der Waals surface area (Å²) in [4.78, 5) is 28.7. The van der Waals surface area contributed by atoms with Gasteiger partial charge in [-0.25, -0.2) is 4.57 Å². The Morgan fingerprint density at radius 3 is 2.37 bits per heavy atom. The number of anilines is 1. The van der Waals surface area contributed by atoms with Crippen LogP contribution < -0.4 is 5.32 Å². The number of nitrogens with zero attached hydrogens (tertiary/aromatic N) is 2. The molecule has 1 unspecified atom stereocenters. The number of pyridine rings is 1. The van der Waals surface area contributed by atoms with Crippen LogP contribution in [0.1, 0.15) is 33.6 Å². The number of benzene rings is 2. The molecule has 3 rings (SSSR count). The predicted molar refractivity (Wildman–Crippen MR) is 124 cm³/mol. The lowest BCUT2D eigenvalue weighted by Gasteiger charge is -2.21. The van der Waals surface area contributed by atoms with Crippen molar-refractivity contribution in [2.45, 2.75) is 39.7 Å². The van der Waals surface area contributed by atoms with Crippen molar-refractivity contribution in [2.24, 2.45) is 0 Å². The number of fused-ring (bicyclic) bond motifs is 3. The molecule has 0 amide bonds. The third-order valence-corrected chi connectivity index (χ3v) is 5.04. The van der Waals surface area contributed by atoms with Crippen molar-refractivity contribution in [3.63, 3.8) is 0 Å². The van der Waals surface area contributed by atoms with E-state index in [0.29, 0.717) is 6.04 Å². The fraction of sp³-hybridized carbons (Fsp3) is 0.409. The van der Waals surface area contributed by atoms with Crippen LogP contribution in [0.3, 0.4) is 0 Å². The van der Waals surface area contributed by atoms with E-state index in [-0.39, 0.29) is 0 Å². The minimum Gasteiger partial charge on any atom is -0.382 e. The Kier molecular flexibility index (Phi) is 9.21. The van der Waals surface area contributed by atoms with Crippen LogP contribution in [0.15, 0.2) is 48.7 Å². The van der Waals surface area contributed by atoms with Crippen LogP contribution in [0.25, 0.3) is 21.7 Å². The molecule has 1 aromatic heterocycles. The van der Waals surface area contributed by atoms with Gasteiger partial charge in [0.1, 0.15) is 0 Å². The molecule has 0 aliphatic heterocycles. The largest absolute Gasteiger partial charge is 0.466 e. The zero-order chi connectivity index (χ0) is 22.1. The highest BCUT2D eigenvalue weighted by Gasteiger charge is 2.09. The Morgan fingerprint density at radius 2 is 1.70 bits per heavy atom. The summed E-state index contributed by atoms with van der Waals surface area (Å²) in [6.45, 7) is 10.2. The maximum atomic E-state index is 8.88. The van der Waals surface area contributed by atoms with E-state index in [2.05, 4.69) is 78.4 Å². The summed E-state index contributed by atoms with van der Waals surface area (Å²) in [7, 11) is -4.64. The summed E-state index contributed by atoms with van der Waals surface area (Å²) < 4.78 is 8.88. The van der Waals surface area contributed by atoms with E-state index in [0.717, 1.165) is 18.6 Å². The van der Waals surface area contributed by atoms with Gasteiger partial charge in [0.15, 0.2) is 0 Å². The van der Waals surface area contributed by atoms with Gasteiger partial charge in [0.2, 0.25) is 0 Å². The highest BCUT2D eigenvalue weighted by atomic mass is 31.2. The van der Waals surface area contributed by atoms with Crippen LogP contribution in [-0.2, 0) is 4.57 Å². The monoisotopic (exact) mass is 433 g/mol. The van der Waals surface area contributed by atoms with Crippen molar-refractivity contribution in [3.05, 3.63) is 48.7 Å². The molecule has 0 fully saturated rings.